The lowest BCUT2D eigenvalue weighted by Gasteiger charge is -2.28. The zero-order valence-electron chi connectivity index (χ0n) is 13.9. The number of benzene rings is 2. The van der Waals surface area contributed by atoms with Gasteiger partial charge in [-0.2, -0.15) is 0 Å². The highest BCUT2D eigenvalue weighted by Crippen LogP contribution is 2.22. The number of hydrogen-bond donors (Lipinski definition) is 1. The fraction of sp³-hybridized carbons (Fsp3) is 0.222. The van der Waals surface area contributed by atoms with Crippen molar-refractivity contribution in [1.82, 2.24) is 5.32 Å². The number of carbonyl (C=O) groups is 2. The van der Waals surface area contributed by atoms with Gasteiger partial charge in [-0.1, -0.05) is 42.5 Å². The van der Waals surface area contributed by atoms with Crippen LogP contribution in [0.4, 0.5) is 5.69 Å². The number of esters is 1. The highest BCUT2D eigenvalue weighted by atomic mass is 16.6. The number of ether oxygens (including phenoxy) is 1. The van der Waals surface area contributed by atoms with Gasteiger partial charge in [0.2, 0.25) is 5.91 Å². The number of nitrogens with one attached hydrogen (secondary N) is 1. The molecule has 130 valence electrons. The lowest BCUT2D eigenvalue weighted by atomic mass is 9.91. The number of methoxy groups -OCH3 is 1. The number of nitrogens with zero attached hydrogens (tertiary/aromatic N) is 1. The topological polar surface area (TPSA) is 98.5 Å². The maximum Gasteiger partial charge on any atom is 0.336 e. The molecule has 0 aromatic heterocycles. The van der Waals surface area contributed by atoms with Crippen molar-refractivity contribution in [3.8, 4) is 0 Å². The number of nitro benzene ring substituents is 1. The van der Waals surface area contributed by atoms with E-state index in [0.717, 1.165) is 0 Å². The number of rotatable bonds is 6. The van der Waals surface area contributed by atoms with Crippen LogP contribution in [-0.4, -0.2) is 23.9 Å². The van der Waals surface area contributed by atoms with Crippen molar-refractivity contribution in [1.29, 1.82) is 0 Å². The van der Waals surface area contributed by atoms with E-state index >= 15 is 0 Å². The average molecular weight is 342 g/mol. The molecule has 1 atom stereocenters. The van der Waals surface area contributed by atoms with Gasteiger partial charge in [-0.3, -0.25) is 14.9 Å². The van der Waals surface area contributed by atoms with Crippen LogP contribution >= 0.6 is 0 Å². The highest BCUT2D eigenvalue weighted by molar-refractivity contribution is 5.89. The van der Waals surface area contributed by atoms with E-state index in [1.165, 1.54) is 31.4 Å². The zero-order chi connectivity index (χ0) is 18.4. The van der Waals surface area contributed by atoms with Gasteiger partial charge in [-0.05, 0) is 18.1 Å². The molecule has 0 aliphatic rings. The van der Waals surface area contributed by atoms with Gasteiger partial charge in [0.25, 0.3) is 5.69 Å². The van der Waals surface area contributed by atoms with Gasteiger partial charge in [0.1, 0.15) is 0 Å². The molecule has 2 aromatic rings. The van der Waals surface area contributed by atoms with E-state index in [2.05, 4.69) is 5.32 Å². The molecule has 1 N–H and O–H groups in total. The molecule has 2 aromatic carbocycles. The summed E-state index contributed by atoms with van der Waals surface area (Å²) < 4.78 is 4.83. The molecule has 0 aliphatic carbocycles. The zero-order valence-corrected chi connectivity index (χ0v) is 13.9. The number of hydrogen-bond acceptors (Lipinski definition) is 5. The summed E-state index contributed by atoms with van der Waals surface area (Å²) in [5.74, 6) is -0.985. The molecule has 1 amide bonds. The third-order valence-electron chi connectivity index (χ3n) is 3.85. The molecule has 7 heteroatoms. The molecule has 25 heavy (non-hydrogen) atoms. The molecule has 0 fully saturated rings. The molecule has 2 rings (SSSR count). The minimum absolute atomic E-state index is 0.0165. The summed E-state index contributed by atoms with van der Waals surface area (Å²) in [4.78, 5) is 34.8. The molecular formula is C18H18N2O5. The van der Waals surface area contributed by atoms with Gasteiger partial charge in [0.05, 0.1) is 18.5 Å². The van der Waals surface area contributed by atoms with Crippen molar-refractivity contribution in [2.75, 3.05) is 7.11 Å². The fourth-order valence-electron chi connectivity index (χ4n) is 2.46. The Balaban J connectivity index is 2.17. The molecule has 0 saturated heterocycles. The Labute approximate surface area is 144 Å². The third-order valence-corrected chi connectivity index (χ3v) is 3.85. The summed E-state index contributed by atoms with van der Waals surface area (Å²) in [6, 6.07) is 14.5. The van der Waals surface area contributed by atoms with Crippen LogP contribution in [0.5, 0.6) is 0 Å². The molecule has 0 radical (unpaired) electrons. The summed E-state index contributed by atoms with van der Waals surface area (Å²) in [7, 11) is 1.26. The molecule has 1 unspecified atom stereocenters. The van der Waals surface area contributed by atoms with Gasteiger partial charge in [0, 0.05) is 12.1 Å². The summed E-state index contributed by atoms with van der Waals surface area (Å²) >= 11 is 0. The van der Waals surface area contributed by atoms with Gasteiger partial charge in [-0.25, -0.2) is 4.79 Å². The molecule has 0 saturated carbocycles. The molecular weight excluding hydrogens is 324 g/mol. The predicted octanol–water partition coefficient (Wildman–Crippen LogP) is 2.34. The van der Waals surface area contributed by atoms with Crippen LogP contribution < -0.4 is 5.32 Å². The third kappa shape index (κ3) is 4.20. The number of non-ortho nitro benzene ring substituents is 1. The highest BCUT2D eigenvalue weighted by Gasteiger charge is 2.37. The van der Waals surface area contributed by atoms with Crippen molar-refractivity contribution >= 4 is 17.6 Å². The number of carbonyl (C=O) groups excluding carboxylic acids is 2. The molecule has 0 heterocycles. The Morgan fingerprint density at radius 1 is 1.12 bits per heavy atom. The first kappa shape index (κ1) is 18.1. The number of nitro groups is 1. The maximum atomic E-state index is 12.4. The fourth-order valence-corrected chi connectivity index (χ4v) is 2.46. The van der Waals surface area contributed by atoms with E-state index in [0.29, 0.717) is 11.1 Å². The van der Waals surface area contributed by atoms with Crippen LogP contribution in [0, 0.1) is 10.1 Å². The monoisotopic (exact) mass is 342 g/mol. The quantitative estimate of drug-likeness (QED) is 0.493. The van der Waals surface area contributed by atoms with E-state index in [1.807, 2.05) is 0 Å². The normalized spacial score (nSPS) is 12.7. The summed E-state index contributed by atoms with van der Waals surface area (Å²) in [5, 5.41) is 13.4. The van der Waals surface area contributed by atoms with Crippen LogP contribution in [0.25, 0.3) is 0 Å². The first-order valence-electron chi connectivity index (χ1n) is 7.55. The second-order valence-corrected chi connectivity index (χ2v) is 5.63. The summed E-state index contributed by atoms with van der Waals surface area (Å²) in [5.41, 5.74) is -0.177. The maximum absolute atomic E-state index is 12.4. The Hall–Kier alpha value is -3.22. The lowest BCUT2D eigenvalue weighted by Crippen LogP contribution is -2.50. The Kier molecular flexibility index (Phi) is 5.49. The van der Waals surface area contributed by atoms with Crippen LogP contribution in [0.15, 0.2) is 54.6 Å². The minimum atomic E-state index is -1.33. The Morgan fingerprint density at radius 3 is 2.24 bits per heavy atom. The second-order valence-electron chi connectivity index (χ2n) is 5.63. The predicted molar refractivity (Wildman–Crippen MR) is 90.8 cm³/mol. The first-order valence-corrected chi connectivity index (χ1v) is 7.55. The minimum Gasteiger partial charge on any atom is -0.467 e. The van der Waals surface area contributed by atoms with E-state index in [4.69, 9.17) is 4.74 Å². The van der Waals surface area contributed by atoms with Crippen LogP contribution in [0.3, 0.4) is 0 Å². The smallest absolute Gasteiger partial charge is 0.336 e. The second kappa shape index (κ2) is 7.57. The van der Waals surface area contributed by atoms with Crippen LogP contribution in [0.2, 0.25) is 0 Å². The van der Waals surface area contributed by atoms with Crippen molar-refractivity contribution in [3.63, 3.8) is 0 Å². The Bertz CT molecular complexity index is 774. The van der Waals surface area contributed by atoms with Crippen LogP contribution in [-0.2, 0) is 26.3 Å². The van der Waals surface area contributed by atoms with Crippen molar-refractivity contribution < 1.29 is 19.2 Å². The summed E-state index contributed by atoms with van der Waals surface area (Å²) in [6.07, 6.45) is -0.0165. The lowest BCUT2D eigenvalue weighted by molar-refractivity contribution is -0.384. The van der Waals surface area contributed by atoms with Crippen molar-refractivity contribution in [3.05, 3.63) is 75.8 Å². The van der Waals surface area contributed by atoms with Gasteiger partial charge >= 0.3 is 5.97 Å². The molecule has 0 bridgehead atoms. The van der Waals surface area contributed by atoms with E-state index in [-0.39, 0.29) is 12.1 Å². The van der Waals surface area contributed by atoms with Gasteiger partial charge in [0.15, 0.2) is 5.54 Å². The number of amides is 1. The van der Waals surface area contributed by atoms with Gasteiger partial charge < -0.3 is 10.1 Å². The summed E-state index contributed by atoms with van der Waals surface area (Å²) in [6.45, 7) is 1.57. The van der Waals surface area contributed by atoms with Crippen molar-refractivity contribution in [2.45, 2.75) is 18.9 Å². The molecule has 0 aliphatic heterocycles. The average Bonchev–Trinajstić information content (AvgIpc) is 2.61. The van der Waals surface area contributed by atoms with Crippen LogP contribution in [0.1, 0.15) is 18.1 Å². The molecule has 0 spiro atoms. The first-order chi connectivity index (χ1) is 11.9. The SMILES string of the molecule is COC(=O)C(C)(NC(=O)Cc1ccc([N+](=O)[O-])cc1)c1ccccc1. The van der Waals surface area contributed by atoms with Gasteiger partial charge in [-0.15, -0.1) is 0 Å². The largest absolute Gasteiger partial charge is 0.467 e. The van der Waals surface area contributed by atoms with E-state index in [9.17, 15) is 19.7 Å². The Morgan fingerprint density at radius 2 is 1.72 bits per heavy atom. The van der Waals surface area contributed by atoms with E-state index < -0.39 is 22.3 Å². The van der Waals surface area contributed by atoms with E-state index in [1.54, 1.807) is 37.3 Å². The van der Waals surface area contributed by atoms with Crippen molar-refractivity contribution in [2.24, 2.45) is 0 Å². The molecule has 7 nitrogen and oxygen atoms in total. The standard InChI is InChI=1S/C18H18N2O5/c1-18(17(22)25-2,14-6-4-3-5-7-14)19-16(21)12-13-8-10-15(11-9-13)20(23)24/h3-11H,12H2,1-2H3,(H,19,21).